The number of benzene rings is 1. The minimum absolute atomic E-state index is 0.222. The molecule has 24 heavy (non-hydrogen) atoms. The molecule has 0 saturated heterocycles. The van der Waals surface area contributed by atoms with Crippen LogP contribution in [0.2, 0.25) is 0 Å². The van der Waals surface area contributed by atoms with Gasteiger partial charge in [-0.15, -0.1) is 0 Å². The highest BCUT2D eigenvalue weighted by Crippen LogP contribution is 2.04. The SMILES string of the molecule is Cc1ccc(Cn2nc(C(=O)NCCCN(C)C)ccc2=O)cc1. The molecule has 0 aliphatic rings. The lowest BCUT2D eigenvalue weighted by molar-refractivity contribution is 0.0945. The number of amides is 1. The maximum Gasteiger partial charge on any atom is 0.271 e. The standard InChI is InChI=1S/C18H24N4O2/c1-14-5-7-15(8-6-14)13-22-17(23)10-9-16(20-22)18(24)19-11-4-12-21(2)3/h5-10H,4,11-13H2,1-3H3,(H,19,24). The number of hydrogen-bond acceptors (Lipinski definition) is 4. The van der Waals surface area contributed by atoms with Crippen molar-refractivity contribution in [3.8, 4) is 0 Å². The van der Waals surface area contributed by atoms with Crippen molar-refractivity contribution in [3.05, 3.63) is 63.6 Å². The number of carbonyl (C=O) groups is 1. The van der Waals surface area contributed by atoms with E-state index in [1.165, 1.54) is 16.8 Å². The molecule has 0 aliphatic heterocycles. The molecule has 1 heterocycles. The Bertz CT molecular complexity index is 735. The van der Waals surface area contributed by atoms with Gasteiger partial charge in [0.25, 0.3) is 11.5 Å². The Balaban J connectivity index is 2.03. The molecule has 1 aromatic heterocycles. The number of rotatable bonds is 7. The highest BCUT2D eigenvalue weighted by Gasteiger charge is 2.09. The molecule has 0 bridgehead atoms. The van der Waals surface area contributed by atoms with Crippen molar-refractivity contribution in [2.45, 2.75) is 19.9 Å². The lowest BCUT2D eigenvalue weighted by atomic mass is 10.1. The fourth-order valence-corrected chi connectivity index (χ4v) is 2.24. The first-order valence-electron chi connectivity index (χ1n) is 8.02. The fraction of sp³-hybridized carbons (Fsp3) is 0.389. The van der Waals surface area contributed by atoms with Crippen LogP contribution in [0.3, 0.4) is 0 Å². The van der Waals surface area contributed by atoms with Crippen LogP contribution in [-0.4, -0.2) is 47.8 Å². The minimum Gasteiger partial charge on any atom is -0.351 e. The van der Waals surface area contributed by atoms with E-state index in [-0.39, 0.29) is 17.2 Å². The van der Waals surface area contributed by atoms with Crippen molar-refractivity contribution in [2.24, 2.45) is 0 Å². The van der Waals surface area contributed by atoms with E-state index in [1.54, 1.807) is 0 Å². The highest BCUT2D eigenvalue weighted by molar-refractivity contribution is 5.91. The molecule has 1 aromatic carbocycles. The van der Waals surface area contributed by atoms with Gasteiger partial charge in [0, 0.05) is 12.6 Å². The Kier molecular flexibility index (Phi) is 6.26. The third kappa shape index (κ3) is 5.31. The van der Waals surface area contributed by atoms with Crippen LogP contribution in [-0.2, 0) is 6.54 Å². The molecule has 0 unspecified atom stereocenters. The second-order valence-electron chi connectivity index (χ2n) is 6.11. The average molecular weight is 328 g/mol. The van der Waals surface area contributed by atoms with Gasteiger partial charge in [0.2, 0.25) is 0 Å². The van der Waals surface area contributed by atoms with Gasteiger partial charge in [-0.05, 0) is 45.6 Å². The van der Waals surface area contributed by atoms with Gasteiger partial charge in [-0.1, -0.05) is 29.8 Å². The first-order valence-corrected chi connectivity index (χ1v) is 8.02. The second-order valence-corrected chi connectivity index (χ2v) is 6.11. The summed E-state index contributed by atoms with van der Waals surface area (Å²) < 4.78 is 1.32. The molecular formula is C18H24N4O2. The number of carbonyl (C=O) groups excluding carboxylic acids is 1. The van der Waals surface area contributed by atoms with E-state index >= 15 is 0 Å². The molecule has 0 aliphatic carbocycles. The molecule has 2 aromatic rings. The monoisotopic (exact) mass is 328 g/mol. The summed E-state index contributed by atoms with van der Waals surface area (Å²) in [5.41, 5.74) is 2.16. The molecule has 0 fully saturated rings. The van der Waals surface area contributed by atoms with Crippen LogP contribution in [0.4, 0.5) is 0 Å². The van der Waals surface area contributed by atoms with Gasteiger partial charge >= 0.3 is 0 Å². The molecule has 128 valence electrons. The number of aromatic nitrogens is 2. The Morgan fingerprint density at radius 1 is 1.17 bits per heavy atom. The van der Waals surface area contributed by atoms with Crippen molar-refractivity contribution in [1.29, 1.82) is 0 Å². The zero-order valence-corrected chi connectivity index (χ0v) is 14.5. The predicted octanol–water partition coefficient (Wildman–Crippen LogP) is 1.28. The number of nitrogens with one attached hydrogen (secondary N) is 1. The van der Waals surface area contributed by atoms with Crippen molar-refractivity contribution in [2.75, 3.05) is 27.2 Å². The van der Waals surface area contributed by atoms with E-state index < -0.39 is 0 Å². The summed E-state index contributed by atoms with van der Waals surface area (Å²) in [5.74, 6) is -0.258. The molecule has 2 rings (SSSR count). The largest absolute Gasteiger partial charge is 0.351 e. The van der Waals surface area contributed by atoms with E-state index in [9.17, 15) is 9.59 Å². The zero-order chi connectivity index (χ0) is 17.5. The molecule has 6 heteroatoms. The lowest BCUT2D eigenvalue weighted by Gasteiger charge is -2.10. The topological polar surface area (TPSA) is 67.2 Å². The normalized spacial score (nSPS) is 10.8. The van der Waals surface area contributed by atoms with Gasteiger partial charge in [-0.25, -0.2) is 4.68 Å². The summed E-state index contributed by atoms with van der Waals surface area (Å²) in [5, 5.41) is 7.01. The predicted molar refractivity (Wildman–Crippen MR) is 94.3 cm³/mol. The summed E-state index contributed by atoms with van der Waals surface area (Å²) in [6, 6.07) is 10.7. The van der Waals surface area contributed by atoms with E-state index in [4.69, 9.17) is 0 Å². The van der Waals surface area contributed by atoms with Crippen molar-refractivity contribution < 1.29 is 4.79 Å². The lowest BCUT2D eigenvalue weighted by Crippen LogP contribution is -2.31. The fourth-order valence-electron chi connectivity index (χ4n) is 2.24. The summed E-state index contributed by atoms with van der Waals surface area (Å²) in [4.78, 5) is 26.2. The maximum atomic E-state index is 12.1. The van der Waals surface area contributed by atoms with Crippen molar-refractivity contribution >= 4 is 5.91 Å². The third-order valence-corrected chi connectivity index (χ3v) is 3.62. The Morgan fingerprint density at radius 2 is 1.88 bits per heavy atom. The zero-order valence-electron chi connectivity index (χ0n) is 14.5. The van der Waals surface area contributed by atoms with Crippen LogP contribution >= 0.6 is 0 Å². The number of aryl methyl sites for hydroxylation is 1. The maximum absolute atomic E-state index is 12.1. The van der Waals surface area contributed by atoms with Gasteiger partial charge in [-0.3, -0.25) is 9.59 Å². The van der Waals surface area contributed by atoms with Gasteiger partial charge in [-0.2, -0.15) is 5.10 Å². The Morgan fingerprint density at radius 3 is 2.54 bits per heavy atom. The second kappa shape index (κ2) is 8.40. The molecule has 1 N–H and O–H groups in total. The van der Waals surface area contributed by atoms with Crippen LogP contribution in [0, 0.1) is 6.92 Å². The molecule has 0 spiro atoms. The summed E-state index contributed by atoms with van der Waals surface area (Å²) in [7, 11) is 3.98. The van der Waals surface area contributed by atoms with Gasteiger partial charge < -0.3 is 10.2 Å². The van der Waals surface area contributed by atoms with Crippen LogP contribution in [0.25, 0.3) is 0 Å². The van der Waals surface area contributed by atoms with Gasteiger partial charge in [0.05, 0.1) is 6.54 Å². The van der Waals surface area contributed by atoms with E-state index in [0.29, 0.717) is 13.1 Å². The van der Waals surface area contributed by atoms with Crippen LogP contribution < -0.4 is 10.9 Å². The van der Waals surface area contributed by atoms with Crippen LogP contribution in [0.5, 0.6) is 0 Å². The van der Waals surface area contributed by atoms with E-state index in [0.717, 1.165) is 24.1 Å². The van der Waals surface area contributed by atoms with E-state index in [2.05, 4.69) is 15.3 Å². The van der Waals surface area contributed by atoms with E-state index in [1.807, 2.05) is 45.3 Å². The first kappa shape index (κ1) is 17.9. The smallest absolute Gasteiger partial charge is 0.271 e. The van der Waals surface area contributed by atoms with Crippen molar-refractivity contribution in [1.82, 2.24) is 20.0 Å². The average Bonchev–Trinajstić information content (AvgIpc) is 2.55. The summed E-state index contributed by atoms with van der Waals surface area (Å²) in [6.45, 7) is 3.84. The van der Waals surface area contributed by atoms with Gasteiger partial charge in [0.1, 0.15) is 5.69 Å². The number of hydrogen-bond donors (Lipinski definition) is 1. The van der Waals surface area contributed by atoms with Crippen LogP contribution in [0.15, 0.2) is 41.2 Å². The quantitative estimate of drug-likeness (QED) is 0.778. The van der Waals surface area contributed by atoms with Crippen LogP contribution in [0.1, 0.15) is 28.0 Å². The van der Waals surface area contributed by atoms with Crippen molar-refractivity contribution in [3.63, 3.8) is 0 Å². The summed E-state index contributed by atoms with van der Waals surface area (Å²) >= 11 is 0. The molecule has 0 atom stereocenters. The molecule has 0 saturated carbocycles. The Hall–Kier alpha value is -2.47. The molecule has 6 nitrogen and oxygen atoms in total. The third-order valence-electron chi connectivity index (χ3n) is 3.62. The number of nitrogens with zero attached hydrogens (tertiary/aromatic N) is 3. The highest BCUT2D eigenvalue weighted by atomic mass is 16.2. The molecular weight excluding hydrogens is 304 g/mol. The molecule has 0 radical (unpaired) electrons. The Labute approximate surface area is 142 Å². The first-order chi connectivity index (χ1) is 11.5. The minimum atomic E-state index is -0.258. The molecule has 1 amide bonds. The van der Waals surface area contributed by atoms with Gasteiger partial charge in [0.15, 0.2) is 0 Å². The summed E-state index contributed by atoms with van der Waals surface area (Å²) in [6.07, 6.45) is 0.863.